The van der Waals surface area contributed by atoms with E-state index in [1.54, 1.807) is 33.0 Å². The van der Waals surface area contributed by atoms with Crippen LogP contribution in [0.25, 0.3) is 21.9 Å². The molecule has 2 aliphatic heterocycles. The number of aromatic nitrogens is 5. The molecule has 3 amide bonds. The van der Waals surface area contributed by atoms with Crippen LogP contribution in [0.5, 0.6) is 0 Å². The first-order valence-electron chi connectivity index (χ1n) is 19.5. The number of amides is 3. The Kier molecular flexibility index (Phi) is 12.3. The number of imide groups is 1. The SMILES string of the molecule is CN1CCCCC1.Cc1cccc(C(=O)Nc2cc3cn(C4CCCCC4)nc3cc2C(C)(C)O)n1.Cn1c(=O)n(C2CCC(=O)NC2=O)c2ccccc21. The first-order valence-corrected chi connectivity index (χ1v) is 19.5. The van der Waals surface area contributed by atoms with Gasteiger partial charge in [0, 0.05) is 42.0 Å². The maximum atomic E-state index is 12.8. The lowest BCUT2D eigenvalue weighted by Gasteiger charge is -2.22. The molecule has 1 unspecified atom stereocenters. The highest BCUT2D eigenvalue weighted by Gasteiger charge is 2.31. The van der Waals surface area contributed by atoms with Gasteiger partial charge in [0.2, 0.25) is 11.8 Å². The average molecular weight is 751 g/mol. The van der Waals surface area contributed by atoms with Crippen molar-refractivity contribution in [3.63, 3.8) is 0 Å². The zero-order valence-corrected chi connectivity index (χ0v) is 32.7. The predicted molar refractivity (Wildman–Crippen MR) is 214 cm³/mol. The zero-order chi connectivity index (χ0) is 39.3. The third-order valence-electron chi connectivity index (χ3n) is 10.7. The first-order chi connectivity index (χ1) is 26.3. The van der Waals surface area contributed by atoms with E-state index in [-0.39, 0.29) is 23.9 Å². The largest absolute Gasteiger partial charge is 0.386 e. The monoisotopic (exact) mass is 750 g/mol. The molecule has 2 saturated heterocycles. The summed E-state index contributed by atoms with van der Waals surface area (Å²) in [7, 11) is 3.87. The Balaban J connectivity index is 0.000000168. The minimum atomic E-state index is -1.12. The molecule has 5 heterocycles. The lowest BCUT2D eigenvalue weighted by atomic mass is 9.95. The van der Waals surface area contributed by atoms with Crippen molar-refractivity contribution in [1.29, 1.82) is 0 Å². The fraction of sp³-hybridized carbons (Fsp3) is 0.476. The number of imidazole rings is 1. The normalized spacial score (nSPS) is 18.3. The van der Waals surface area contributed by atoms with E-state index in [2.05, 4.69) is 38.4 Å². The van der Waals surface area contributed by atoms with Gasteiger partial charge >= 0.3 is 5.69 Å². The smallest absolute Gasteiger partial charge is 0.329 e. The number of likely N-dealkylation sites (tertiary alicyclic amines) is 1. The standard InChI is InChI=1S/C23H28N4O2.C13H13N3O3.C6H13N/c1-15-8-7-11-19(24-15)22(28)25-21-12-16-14-27(17-9-5-4-6-10-17)26-20(16)13-18(21)23(2,3)29;1-15-8-4-2-3-5-9(8)16(13(15)19)10-6-7-11(17)14-12(10)18;1-7-5-3-2-4-6-7/h7-8,11-14,17,29H,4-6,9-10H2,1-3H3,(H,25,28);2-5,10H,6-7H2,1H3,(H,14,17,18);2-6H2,1H3. The van der Waals surface area contributed by atoms with Gasteiger partial charge in [0.25, 0.3) is 5.91 Å². The number of aliphatic hydroxyl groups is 1. The molecule has 55 heavy (non-hydrogen) atoms. The van der Waals surface area contributed by atoms with Gasteiger partial charge in [-0.15, -0.1) is 0 Å². The minimum Gasteiger partial charge on any atom is -0.386 e. The van der Waals surface area contributed by atoms with Crippen LogP contribution < -0.4 is 16.3 Å². The number of para-hydroxylation sites is 2. The van der Waals surface area contributed by atoms with E-state index in [4.69, 9.17) is 5.10 Å². The summed E-state index contributed by atoms with van der Waals surface area (Å²) in [5.41, 5.74) is 3.32. The van der Waals surface area contributed by atoms with Crippen molar-refractivity contribution in [3.05, 3.63) is 88.2 Å². The topological polar surface area (TPSA) is 156 Å². The molecule has 3 fully saturated rings. The molecule has 0 bridgehead atoms. The van der Waals surface area contributed by atoms with Gasteiger partial charge in [-0.2, -0.15) is 5.10 Å². The molecule has 3 N–H and O–H groups in total. The molecule has 13 nitrogen and oxygen atoms in total. The van der Waals surface area contributed by atoms with Gasteiger partial charge in [0.05, 0.1) is 28.2 Å². The molecule has 1 atom stereocenters. The van der Waals surface area contributed by atoms with E-state index in [0.717, 1.165) is 35.0 Å². The first kappa shape index (κ1) is 39.6. The molecule has 2 aromatic carbocycles. The number of nitrogens with zero attached hydrogens (tertiary/aromatic N) is 6. The van der Waals surface area contributed by atoms with Crippen molar-refractivity contribution < 1.29 is 19.5 Å². The van der Waals surface area contributed by atoms with E-state index >= 15 is 0 Å². The molecule has 1 aliphatic carbocycles. The summed E-state index contributed by atoms with van der Waals surface area (Å²) in [5.74, 6) is -0.984. The van der Waals surface area contributed by atoms with Crippen LogP contribution in [-0.4, -0.2) is 71.8 Å². The summed E-state index contributed by atoms with van der Waals surface area (Å²) in [6.07, 6.45) is 13.0. The Morgan fingerprint density at radius 3 is 2.22 bits per heavy atom. The number of hydrogen-bond acceptors (Lipinski definition) is 8. The number of benzene rings is 2. The quantitative estimate of drug-likeness (QED) is 0.181. The van der Waals surface area contributed by atoms with Crippen molar-refractivity contribution in [2.24, 2.45) is 7.05 Å². The molecule has 8 rings (SSSR count). The highest BCUT2D eigenvalue weighted by atomic mass is 16.3. The van der Waals surface area contributed by atoms with Crippen LogP contribution in [0.4, 0.5) is 5.69 Å². The second-order valence-electron chi connectivity index (χ2n) is 15.6. The van der Waals surface area contributed by atoms with Gasteiger partial charge in [0.15, 0.2) is 0 Å². The molecular weight excluding hydrogens is 697 g/mol. The van der Waals surface area contributed by atoms with Gasteiger partial charge in [-0.25, -0.2) is 9.78 Å². The predicted octanol–water partition coefficient (Wildman–Crippen LogP) is 6.14. The van der Waals surface area contributed by atoms with Gasteiger partial charge in [-0.05, 0) is 109 Å². The molecule has 3 aromatic heterocycles. The van der Waals surface area contributed by atoms with Gasteiger partial charge < -0.3 is 15.3 Å². The Hall–Kier alpha value is -5.14. The van der Waals surface area contributed by atoms with Gasteiger partial charge in [0.1, 0.15) is 11.7 Å². The van der Waals surface area contributed by atoms with Crippen molar-refractivity contribution >= 4 is 45.3 Å². The Labute approximate surface area is 321 Å². The molecule has 3 aliphatic rings. The van der Waals surface area contributed by atoms with Crippen LogP contribution in [0.3, 0.4) is 0 Å². The number of nitrogens with one attached hydrogen (secondary N) is 2. The van der Waals surface area contributed by atoms with E-state index in [0.29, 0.717) is 34.9 Å². The summed E-state index contributed by atoms with van der Waals surface area (Å²) in [4.78, 5) is 54.8. The second-order valence-corrected chi connectivity index (χ2v) is 15.6. The number of pyridine rings is 1. The number of rotatable bonds is 5. The van der Waals surface area contributed by atoms with Crippen LogP contribution in [-0.2, 0) is 22.2 Å². The van der Waals surface area contributed by atoms with Crippen LogP contribution in [0, 0.1) is 6.92 Å². The Morgan fingerprint density at radius 1 is 0.891 bits per heavy atom. The summed E-state index contributed by atoms with van der Waals surface area (Å²) in [6, 6.07) is 16.3. The van der Waals surface area contributed by atoms with Crippen molar-refractivity contribution in [2.45, 2.75) is 103 Å². The lowest BCUT2D eigenvalue weighted by Crippen LogP contribution is -2.44. The van der Waals surface area contributed by atoms with Crippen LogP contribution in [0.15, 0.2) is 65.6 Å². The highest BCUT2D eigenvalue weighted by Crippen LogP contribution is 2.34. The summed E-state index contributed by atoms with van der Waals surface area (Å²) in [5, 5.41) is 21.7. The number of fused-ring (bicyclic) bond motifs is 2. The molecule has 13 heteroatoms. The van der Waals surface area contributed by atoms with E-state index in [1.807, 2.05) is 49.4 Å². The zero-order valence-electron chi connectivity index (χ0n) is 32.7. The number of carbonyl (C=O) groups is 3. The van der Waals surface area contributed by atoms with Gasteiger partial charge in [-0.3, -0.25) is 33.5 Å². The minimum absolute atomic E-state index is 0.240. The van der Waals surface area contributed by atoms with E-state index in [1.165, 1.54) is 60.7 Å². The number of aryl methyl sites for hydroxylation is 2. The van der Waals surface area contributed by atoms with Crippen molar-refractivity contribution in [1.82, 2.24) is 34.1 Å². The molecule has 292 valence electrons. The van der Waals surface area contributed by atoms with Crippen molar-refractivity contribution in [2.75, 3.05) is 25.5 Å². The van der Waals surface area contributed by atoms with E-state index in [9.17, 15) is 24.3 Å². The molecule has 5 aromatic rings. The maximum absolute atomic E-state index is 12.8. The lowest BCUT2D eigenvalue weighted by molar-refractivity contribution is -0.135. The molecule has 0 spiro atoms. The molecule has 1 saturated carbocycles. The number of carbonyl (C=O) groups excluding carboxylic acids is 3. The Morgan fingerprint density at radius 2 is 1.58 bits per heavy atom. The van der Waals surface area contributed by atoms with Crippen LogP contribution in [0.1, 0.15) is 112 Å². The summed E-state index contributed by atoms with van der Waals surface area (Å²) in [6.45, 7) is 7.92. The summed E-state index contributed by atoms with van der Waals surface area (Å²) < 4.78 is 5.04. The Bertz CT molecular complexity index is 2220. The summed E-state index contributed by atoms with van der Waals surface area (Å²) >= 11 is 0. The fourth-order valence-electron chi connectivity index (χ4n) is 7.69. The average Bonchev–Trinajstić information content (AvgIpc) is 3.70. The number of hydrogen-bond donors (Lipinski definition) is 3. The second kappa shape index (κ2) is 17.1. The van der Waals surface area contributed by atoms with Crippen molar-refractivity contribution in [3.8, 4) is 0 Å². The maximum Gasteiger partial charge on any atom is 0.329 e. The van der Waals surface area contributed by atoms with Crippen LogP contribution in [0.2, 0.25) is 0 Å². The highest BCUT2D eigenvalue weighted by molar-refractivity contribution is 6.04. The van der Waals surface area contributed by atoms with Crippen LogP contribution >= 0.6 is 0 Å². The van der Waals surface area contributed by atoms with Gasteiger partial charge in [-0.1, -0.05) is 43.9 Å². The number of anilines is 1. The van der Waals surface area contributed by atoms with E-state index < -0.39 is 17.6 Å². The molecule has 0 radical (unpaired) electrons. The number of piperidine rings is 2. The molecular formula is C42H54N8O5. The third kappa shape index (κ3) is 9.40. The fourth-order valence-corrected chi connectivity index (χ4v) is 7.69. The third-order valence-corrected chi connectivity index (χ3v) is 10.7.